The number of halogens is 1. The van der Waals surface area contributed by atoms with E-state index in [4.69, 9.17) is 0 Å². The van der Waals surface area contributed by atoms with Crippen molar-refractivity contribution in [1.82, 2.24) is 9.88 Å². The first-order chi connectivity index (χ1) is 13.0. The molecule has 0 unspecified atom stereocenters. The highest BCUT2D eigenvalue weighted by atomic mass is 32.2. The van der Waals surface area contributed by atoms with E-state index >= 15 is 0 Å². The maximum Gasteiger partial charge on any atom is 0.239 e. The van der Waals surface area contributed by atoms with Gasteiger partial charge in [-0.2, -0.15) is 0 Å². The van der Waals surface area contributed by atoms with E-state index in [0.717, 1.165) is 33.2 Å². The van der Waals surface area contributed by atoms with Gasteiger partial charge in [0.05, 0.1) is 16.0 Å². The molecule has 1 heterocycles. The highest BCUT2D eigenvalue weighted by Gasteiger charge is 2.19. The van der Waals surface area contributed by atoms with Crippen molar-refractivity contribution in [3.8, 4) is 0 Å². The molecule has 2 aromatic carbocycles. The Hall–Kier alpha value is -1.96. The number of para-hydroxylation sites is 1. The van der Waals surface area contributed by atoms with Crippen LogP contribution in [0.5, 0.6) is 0 Å². The molecule has 1 aromatic heterocycles. The van der Waals surface area contributed by atoms with Gasteiger partial charge >= 0.3 is 0 Å². The van der Waals surface area contributed by atoms with Crippen LogP contribution in [0.1, 0.15) is 6.42 Å². The molecule has 3 rings (SSSR count). The summed E-state index contributed by atoms with van der Waals surface area (Å²) in [5.41, 5.74) is 0.911. The predicted octanol–water partition coefficient (Wildman–Crippen LogP) is 4.51. The standard InChI is InChI=1S/C20H22FN3OS2/c1-23(2)12-5-13-24(20-22-17-6-3-4-7-18(17)27-20)19(25)14-26-16-10-8-15(21)9-11-16/h3-4,6-11H,5,12-14H2,1-2H3. The number of carbonyl (C=O) groups excluding carboxylic acids is 1. The fourth-order valence-electron chi connectivity index (χ4n) is 2.60. The number of hydrogen-bond donors (Lipinski definition) is 0. The summed E-state index contributed by atoms with van der Waals surface area (Å²) in [5.74, 6) is 0.0383. The Kier molecular flexibility index (Phi) is 6.82. The van der Waals surface area contributed by atoms with Gasteiger partial charge in [0.15, 0.2) is 5.13 Å². The molecule has 7 heteroatoms. The average molecular weight is 404 g/mol. The SMILES string of the molecule is CN(C)CCCN(C(=O)CSc1ccc(F)cc1)c1nc2ccccc2s1. The summed E-state index contributed by atoms with van der Waals surface area (Å²) in [5, 5.41) is 0.736. The fraction of sp³-hybridized carbons (Fsp3) is 0.300. The molecule has 0 atom stereocenters. The topological polar surface area (TPSA) is 36.4 Å². The summed E-state index contributed by atoms with van der Waals surface area (Å²) in [6.45, 7) is 1.53. The molecule has 0 aliphatic carbocycles. The minimum Gasteiger partial charge on any atom is -0.309 e. The van der Waals surface area contributed by atoms with Gasteiger partial charge in [-0.25, -0.2) is 9.37 Å². The normalized spacial score (nSPS) is 11.3. The van der Waals surface area contributed by atoms with Crippen LogP contribution < -0.4 is 4.90 Å². The van der Waals surface area contributed by atoms with E-state index in [1.165, 1.54) is 35.2 Å². The predicted molar refractivity (Wildman–Crippen MR) is 112 cm³/mol. The van der Waals surface area contributed by atoms with Gasteiger partial charge in [-0.1, -0.05) is 23.5 Å². The second kappa shape index (κ2) is 9.30. The summed E-state index contributed by atoms with van der Waals surface area (Å²) < 4.78 is 14.1. The van der Waals surface area contributed by atoms with E-state index < -0.39 is 0 Å². The van der Waals surface area contributed by atoms with Gasteiger partial charge in [-0.15, -0.1) is 11.8 Å². The number of hydrogen-bond acceptors (Lipinski definition) is 5. The van der Waals surface area contributed by atoms with Crippen LogP contribution in [0.15, 0.2) is 53.4 Å². The number of benzene rings is 2. The monoisotopic (exact) mass is 403 g/mol. The number of carbonyl (C=O) groups is 1. The van der Waals surface area contributed by atoms with E-state index in [-0.39, 0.29) is 11.7 Å². The molecule has 0 spiro atoms. The zero-order valence-electron chi connectivity index (χ0n) is 15.4. The van der Waals surface area contributed by atoms with Crippen molar-refractivity contribution in [2.45, 2.75) is 11.3 Å². The summed E-state index contributed by atoms with van der Waals surface area (Å²) >= 11 is 2.95. The molecule has 0 bridgehead atoms. The molecule has 1 amide bonds. The third-order valence-corrected chi connectivity index (χ3v) is 6.03. The van der Waals surface area contributed by atoms with Crippen LogP contribution >= 0.6 is 23.1 Å². The van der Waals surface area contributed by atoms with Crippen molar-refractivity contribution < 1.29 is 9.18 Å². The van der Waals surface area contributed by atoms with Gasteiger partial charge in [0.2, 0.25) is 5.91 Å². The van der Waals surface area contributed by atoms with Crippen LogP contribution in [-0.4, -0.2) is 48.7 Å². The van der Waals surface area contributed by atoms with Crippen LogP contribution in [0.4, 0.5) is 9.52 Å². The zero-order chi connectivity index (χ0) is 19.2. The van der Waals surface area contributed by atoms with Crippen molar-refractivity contribution in [3.63, 3.8) is 0 Å². The number of nitrogens with zero attached hydrogens (tertiary/aromatic N) is 3. The lowest BCUT2D eigenvalue weighted by molar-refractivity contribution is -0.116. The van der Waals surface area contributed by atoms with Gasteiger partial charge in [-0.3, -0.25) is 9.69 Å². The molecular weight excluding hydrogens is 381 g/mol. The van der Waals surface area contributed by atoms with Gasteiger partial charge in [-0.05, 0) is 63.5 Å². The largest absolute Gasteiger partial charge is 0.309 e. The number of thiazole rings is 1. The maximum atomic E-state index is 13.0. The highest BCUT2D eigenvalue weighted by Crippen LogP contribution is 2.29. The lowest BCUT2D eigenvalue weighted by Crippen LogP contribution is -2.34. The van der Waals surface area contributed by atoms with Gasteiger partial charge in [0.25, 0.3) is 0 Å². The molecule has 142 valence electrons. The summed E-state index contributed by atoms with van der Waals surface area (Å²) in [7, 11) is 4.04. The van der Waals surface area contributed by atoms with Crippen LogP contribution in [0, 0.1) is 5.82 Å². The zero-order valence-corrected chi connectivity index (χ0v) is 17.0. The number of rotatable bonds is 8. The lowest BCUT2D eigenvalue weighted by Gasteiger charge is -2.21. The Bertz CT molecular complexity index is 863. The van der Waals surface area contributed by atoms with E-state index in [0.29, 0.717) is 12.3 Å². The lowest BCUT2D eigenvalue weighted by atomic mass is 10.3. The molecule has 27 heavy (non-hydrogen) atoms. The molecule has 3 aromatic rings. The minimum absolute atomic E-state index is 0.0159. The summed E-state index contributed by atoms with van der Waals surface area (Å²) in [6, 6.07) is 14.1. The second-order valence-corrected chi connectivity index (χ2v) is 8.47. The second-order valence-electron chi connectivity index (χ2n) is 6.41. The fourth-order valence-corrected chi connectivity index (χ4v) is 4.38. The number of aromatic nitrogens is 1. The molecular formula is C20H22FN3OS2. The first-order valence-corrected chi connectivity index (χ1v) is 10.5. The van der Waals surface area contributed by atoms with Crippen LogP contribution in [0.25, 0.3) is 10.2 Å². The third kappa shape index (κ3) is 5.51. The quantitative estimate of drug-likeness (QED) is 0.519. The number of amides is 1. The first kappa shape index (κ1) is 19.8. The van der Waals surface area contributed by atoms with E-state index in [1.807, 2.05) is 38.4 Å². The van der Waals surface area contributed by atoms with Crippen molar-refractivity contribution in [1.29, 1.82) is 0 Å². The molecule has 0 saturated carbocycles. The Morgan fingerprint density at radius 1 is 1.11 bits per heavy atom. The van der Waals surface area contributed by atoms with E-state index in [1.54, 1.807) is 17.0 Å². The van der Waals surface area contributed by atoms with Crippen molar-refractivity contribution in [2.24, 2.45) is 0 Å². The van der Waals surface area contributed by atoms with Crippen LogP contribution in [0.3, 0.4) is 0 Å². The smallest absolute Gasteiger partial charge is 0.239 e. The highest BCUT2D eigenvalue weighted by molar-refractivity contribution is 8.00. The van der Waals surface area contributed by atoms with Crippen molar-refractivity contribution in [3.05, 3.63) is 54.3 Å². The Morgan fingerprint density at radius 3 is 2.56 bits per heavy atom. The van der Waals surface area contributed by atoms with E-state index in [2.05, 4.69) is 9.88 Å². The summed E-state index contributed by atoms with van der Waals surface area (Å²) in [4.78, 5) is 22.3. The van der Waals surface area contributed by atoms with Crippen molar-refractivity contribution >= 4 is 44.4 Å². The Balaban J connectivity index is 1.73. The van der Waals surface area contributed by atoms with E-state index in [9.17, 15) is 9.18 Å². The summed E-state index contributed by atoms with van der Waals surface area (Å²) in [6.07, 6.45) is 0.871. The first-order valence-electron chi connectivity index (χ1n) is 8.72. The molecule has 0 aliphatic rings. The molecule has 0 N–H and O–H groups in total. The number of fused-ring (bicyclic) bond motifs is 1. The minimum atomic E-state index is -0.273. The van der Waals surface area contributed by atoms with Crippen molar-refractivity contribution in [2.75, 3.05) is 37.8 Å². The van der Waals surface area contributed by atoms with Crippen LogP contribution in [0.2, 0.25) is 0 Å². The molecule has 0 fully saturated rings. The van der Waals surface area contributed by atoms with Crippen LogP contribution in [-0.2, 0) is 4.79 Å². The van der Waals surface area contributed by atoms with Gasteiger partial charge in [0.1, 0.15) is 5.82 Å². The molecule has 0 saturated heterocycles. The number of anilines is 1. The molecule has 4 nitrogen and oxygen atoms in total. The Morgan fingerprint density at radius 2 is 1.85 bits per heavy atom. The maximum absolute atomic E-state index is 13.0. The van der Waals surface area contributed by atoms with Gasteiger partial charge < -0.3 is 4.90 Å². The van der Waals surface area contributed by atoms with Gasteiger partial charge in [0, 0.05) is 11.4 Å². The average Bonchev–Trinajstić information content (AvgIpc) is 3.08. The molecule has 0 aliphatic heterocycles. The third-order valence-electron chi connectivity index (χ3n) is 3.98. The number of thioether (sulfide) groups is 1. The molecule has 0 radical (unpaired) electrons. The Labute approximate surface area is 167 Å².